The third-order valence-electron chi connectivity index (χ3n) is 2.12. The number of carbonyl (C=O) groups excluding carboxylic acids is 2. The Morgan fingerprint density at radius 3 is 1.41 bits per heavy atom. The van der Waals surface area contributed by atoms with Crippen LogP contribution in [0, 0.1) is 20.2 Å². The maximum atomic E-state index is 10.7. The van der Waals surface area contributed by atoms with Gasteiger partial charge in [-0.1, -0.05) is 0 Å². The van der Waals surface area contributed by atoms with Crippen LogP contribution < -0.4 is 0 Å². The Kier molecular flexibility index (Phi) is 5.97. The van der Waals surface area contributed by atoms with Gasteiger partial charge in [0.15, 0.2) is 0 Å². The lowest BCUT2D eigenvalue weighted by molar-refractivity contribution is -0.798. The number of halogens is 2. The fourth-order valence-electron chi connectivity index (χ4n) is 1.15. The molecule has 0 aliphatic carbocycles. The second-order valence-corrected chi connectivity index (χ2v) is 4.05. The van der Waals surface area contributed by atoms with Gasteiger partial charge in [-0.2, -0.15) is 0 Å². The second kappa shape index (κ2) is 6.45. The first-order valence-electron chi connectivity index (χ1n) is 4.38. The molecule has 0 fully saturated rings. The highest BCUT2D eigenvalue weighted by Gasteiger charge is 2.55. The molecule has 0 saturated heterocycles. The molecule has 0 aliphatic rings. The van der Waals surface area contributed by atoms with Crippen LogP contribution in [0.2, 0.25) is 0 Å². The van der Waals surface area contributed by atoms with E-state index >= 15 is 0 Å². The molecule has 0 rings (SSSR count). The molecular formula is C7H8Cl2N2O6. The van der Waals surface area contributed by atoms with Gasteiger partial charge in [-0.3, -0.25) is 29.8 Å². The van der Waals surface area contributed by atoms with Gasteiger partial charge >= 0.3 is 5.66 Å². The standard InChI is InChI=1S/C7H8Cl2N2O6/c8-5(12)1-3-7(10(14)15,11(16)17)4-2-6(9)13/h1-4H2. The minimum atomic E-state index is -2.60. The van der Waals surface area contributed by atoms with Gasteiger partial charge < -0.3 is 0 Å². The molecule has 0 heterocycles. The molecule has 0 aromatic carbocycles. The van der Waals surface area contributed by atoms with Gasteiger partial charge in [-0.05, 0) is 23.2 Å². The average Bonchev–Trinajstić information content (AvgIpc) is 2.16. The van der Waals surface area contributed by atoms with Crippen molar-refractivity contribution in [1.29, 1.82) is 0 Å². The number of hydrogen-bond donors (Lipinski definition) is 0. The topological polar surface area (TPSA) is 120 Å². The zero-order valence-electron chi connectivity index (χ0n) is 8.43. The molecule has 17 heavy (non-hydrogen) atoms. The molecule has 10 heteroatoms. The van der Waals surface area contributed by atoms with Crippen LogP contribution in [0.15, 0.2) is 0 Å². The fraction of sp³-hybridized carbons (Fsp3) is 0.714. The van der Waals surface area contributed by atoms with Crippen LogP contribution >= 0.6 is 23.2 Å². The van der Waals surface area contributed by atoms with E-state index in [9.17, 15) is 29.8 Å². The lowest BCUT2D eigenvalue weighted by atomic mass is 9.99. The predicted octanol–water partition coefficient (Wildman–Crippen LogP) is 1.33. The van der Waals surface area contributed by atoms with Gasteiger partial charge in [0.2, 0.25) is 10.5 Å². The van der Waals surface area contributed by atoms with Crippen LogP contribution in [0.5, 0.6) is 0 Å². The largest absolute Gasteiger partial charge is 0.459 e. The third-order valence-corrected chi connectivity index (χ3v) is 2.50. The van der Waals surface area contributed by atoms with Gasteiger partial charge in [0.1, 0.15) is 0 Å². The van der Waals surface area contributed by atoms with E-state index < -0.39 is 51.7 Å². The van der Waals surface area contributed by atoms with Gasteiger partial charge in [0.05, 0.1) is 22.7 Å². The molecule has 8 nitrogen and oxygen atoms in total. The molecule has 0 N–H and O–H groups in total. The van der Waals surface area contributed by atoms with Crippen molar-refractivity contribution in [3.63, 3.8) is 0 Å². The molecule has 0 amide bonds. The van der Waals surface area contributed by atoms with Crippen molar-refractivity contribution in [3.05, 3.63) is 20.2 Å². The second-order valence-electron chi connectivity index (χ2n) is 3.21. The van der Waals surface area contributed by atoms with Crippen LogP contribution in [0.25, 0.3) is 0 Å². The Bertz CT molecular complexity index is 324. The highest BCUT2D eigenvalue weighted by Crippen LogP contribution is 2.25. The van der Waals surface area contributed by atoms with E-state index in [4.69, 9.17) is 23.2 Å². The van der Waals surface area contributed by atoms with Crippen LogP contribution in [-0.2, 0) is 9.59 Å². The fourth-order valence-corrected chi connectivity index (χ4v) is 1.34. The monoisotopic (exact) mass is 286 g/mol. The first-order chi connectivity index (χ1) is 7.72. The van der Waals surface area contributed by atoms with Crippen molar-refractivity contribution in [2.24, 2.45) is 0 Å². The smallest absolute Gasteiger partial charge is 0.281 e. The van der Waals surface area contributed by atoms with E-state index in [0.717, 1.165) is 0 Å². The first-order valence-corrected chi connectivity index (χ1v) is 5.13. The van der Waals surface area contributed by atoms with Crippen LogP contribution in [0.3, 0.4) is 0 Å². The van der Waals surface area contributed by atoms with Gasteiger partial charge in [-0.15, -0.1) is 0 Å². The summed E-state index contributed by atoms with van der Waals surface area (Å²) in [6.07, 6.45) is -2.42. The molecule has 0 aromatic rings. The minimum absolute atomic E-state index is 0.528. The number of rotatable bonds is 8. The van der Waals surface area contributed by atoms with Gasteiger partial charge in [-0.25, -0.2) is 0 Å². The molecule has 0 aliphatic heterocycles. The van der Waals surface area contributed by atoms with Crippen LogP contribution in [0.1, 0.15) is 25.7 Å². The predicted molar refractivity (Wildman–Crippen MR) is 56.9 cm³/mol. The molecule has 0 bridgehead atoms. The van der Waals surface area contributed by atoms with E-state index in [1.165, 1.54) is 0 Å². The average molecular weight is 287 g/mol. The molecule has 0 spiro atoms. The van der Waals surface area contributed by atoms with Crippen molar-refractivity contribution in [1.82, 2.24) is 0 Å². The van der Waals surface area contributed by atoms with Crippen LogP contribution in [-0.4, -0.2) is 26.0 Å². The first kappa shape index (κ1) is 15.7. The Morgan fingerprint density at radius 1 is 0.941 bits per heavy atom. The summed E-state index contributed by atoms with van der Waals surface area (Å²) in [7, 11) is 0. The summed E-state index contributed by atoms with van der Waals surface area (Å²) in [6, 6.07) is 0. The lowest BCUT2D eigenvalue weighted by Gasteiger charge is -2.15. The third kappa shape index (κ3) is 4.61. The van der Waals surface area contributed by atoms with E-state index in [2.05, 4.69) is 0 Å². The molecule has 0 aromatic heterocycles. The van der Waals surface area contributed by atoms with Crippen molar-refractivity contribution >= 4 is 33.7 Å². The minimum Gasteiger partial charge on any atom is -0.281 e. The number of hydrogen-bond acceptors (Lipinski definition) is 6. The van der Waals surface area contributed by atoms with Gasteiger partial charge in [0.25, 0.3) is 0 Å². The van der Waals surface area contributed by atoms with Crippen molar-refractivity contribution < 1.29 is 19.4 Å². The summed E-state index contributed by atoms with van der Waals surface area (Å²) in [5.74, 6) is 0. The van der Waals surface area contributed by atoms with E-state index in [0.29, 0.717) is 0 Å². The van der Waals surface area contributed by atoms with Gasteiger partial charge in [0, 0.05) is 12.8 Å². The maximum absolute atomic E-state index is 10.7. The van der Waals surface area contributed by atoms with E-state index in [1.54, 1.807) is 0 Å². The maximum Gasteiger partial charge on any atom is 0.459 e. The SMILES string of the molecule is O=C(Cl)CCC(CCC(=O)Cl)([N+](=O)[O-])[N+](=O)[O-]. The number of nitro groups is 2. The molecule has 0 saturated carbocycles. The highest BCUT2D eigenvalue weighted by atomic mass is 35.5. The Morgan fingerprint density at radius 2 is 1.24 bits per heavy atom. The van der Waals surface area contributed by atoms with Crippen molar-refractivity contribution in [2.45, 2.75) is 31.3 Å². The summed E-state index contributed by atoms with van der Waals surface area (Å²) in [5.41, 5.74) is -2.60. The molecule has 0 radical (unpaired) electrons. The summed E-state index contributed by atoms with van der Waals surface area (Å²) in [5, 5.41) is 19.6. The van der Waals surface area contributed by atoms with E-state index in [-0.39, 0.29) is 0 Å². The van der Waals surface area contributed by atoms with Crippen molar-refractivity contribution in [2.75, 3.05) is 0 Å². The van der Waals surface area contributed by atoms with Crippen LogP contribution in [0.4, 0.5) is 0 Å². The molecule has 96 valence electrons. The molecule has 0 atom stereocenters. The number of carbonyl (C=O) groups is 2. The number of nitrogens with zero attached hydrogens (tertiary/aromatic N) is 2. The Labute approximate surface area is 105 Å². The van der Waals surface area contributed by atoms with E-state index in [1.807, 2.05) is 0 Å². The zero-order valence-corrected chi connectivity index (χ0v) is 9.94. The molecule has 0 unspecified atom stereocenters. The van der Waals surface area contributed by atoms with Crippen molar-refractivity contribution in [3.8, 4) is 0 Å². The highest BCUT2D eigenvalue weighted by molar-refractivity contribution is 6.63. The lowest BCUT2D eigenvalue weighted by Crippen LogP contribution is -2.46. The summed E-state index contributed by atoms with van der Waals surface area (Å²) >= 11 is 9.96. The zero-order chi connectivity index (χ0) is 13.6. The molecular weight excluding hydrogens is 279 g/mol. The Hall–Kier alpha value is -1.28. The Balaban J connectivity index is 4.99. The summed E-state index contributed by atoms with van der Waals surface area (Å²) < 4.78 is 0. The quantitative estimate of drug-likeness (QED) is 0.287. The summed E-state index contributed by atoms with van der Waals surface area (Å²) in [4.78, 5) is 40.2. The normalized spacial score (nSPS) is 10.9. The summed E-state index contributed by atoms with van der Waals surface area (Å²) in [6.45, 7) is 0.